The lowest BCUT2D eigenvalue weighted by molar-refractivity contribution is 0.0698. The van der Waals surface area contributed by atoms with Crippen LogP contribution in [0.2, 0.25) is 0 Å². The summed E-state index contributed by atoms with van der Waals surface area (Å²) in [4.78, 5) is 15.2. The molecule has 1 aromatic heterocycles. The molecular weight excluding hydrogens is 252 g/mol. The lowest BCUT2D eigenvalue weighted by atomic mass is 9.99. The Kier molecular flexibility index (Phi) is 2.84. The van der Waals surface area contributed by atoms with E-state index < -0.39 is 5.97 Å². The number of benzene rings is 2. The van der Waals surface area contributed by atoms with Gasteiger partial charge in [-0.3, -0.25) is 4.98 Å². The standard InChI is InChI=1S/C16H12N2O2/c17-15-7-10(5-6-13(15)16(19)20)14-9-18-8-11-3-1-2-4-12(11)14/h1-9H,17H2,(H,19,20). The van der Waals surface area contributed by atoms with Gasteiger partial charge < -0.3 is 10.8 Å². The molecule has 0 aliphatic rings. The molecule has 0 bridgehead atoms. The number of fused-ring (bicyclic) bond motifs is 1. The zero-order valence-electron chi connectivity index (χ0n) is 10.6. The molecule has 0 radical (unpaired) electrons. The molecule has 1 heterocycles. The first-order valence-electron chi connectivity index (χ1n) is 6.13. The molecule has 4 heteroatoms. The molecule has 2 aromatic carbocycles. The Morgan fingerprint density at radius 3 is 2.65 bits per heavy atom. The second-order valence-electron chi connectivity index (χ2n) is 4.52. The smallest absolute Gasteiger partial charge is 0.337 e. The summed E-state index contributed by atoms with van der Waals surface area (Å²) in [7, 11) is 0. The van der Waals surface area contributed by atoms with Crippen molar-refractivity contribution >= 4 is 22.4 Å². The van der Waals surface area contributed by atoms with Crippen LogP contribution in [0.5, 0.6) is 0 Å². The summed E-state index contributed by atoms with van der Waals surface area (Å²) < 4.78 is 0. The van der Waals surface area contributed by atoms with Gasteiger partial charge >= 0.3 is 5.97 Å². The van der Waals surface area contributed by atoms with Gasteiger partial charge in [0.15, 0.2) is 0 Å². The van der Waals surface area contributed by atoms with Crippen molar-refractivity contribution in [3.8, 4) is 11.1 Å². The Labute approximate surface area is 115 Å². The van der Waals surface area contributed by atoms with Crippen LogP contribution in [0.3, 0.4) is 0 Å². The number of hydrogen-bond donors (Lipinski definition) is 2. The van der Waals surface area contributed by atoms with E-state index >= 15 is 0 Å². The Hall–Kier alpha value is -2.88. The van der Waals surface area contributed by atoms with E-state index in [0.29, 0.717) is 0 Å². The Morgan fingerprint density at radius 1 is 1.10 bits per heavy atom. The Morgan fingerprint density at radius 2 is 1.90 bits per heavy atom. The van der Waals surface area contributed by atoms with E-state index in [-0.39, 0.29) is 11.3 Å². The van der Waals surface area contributed by atoms with Crippen molar-refractivity contribution in [3.05, 3.63) is 60.4 Å². The van der Waals surface area contributed by atoms with Crippen LogP contribution in [0.4, 0.5) is 5.69 Å². The number of carboxylic acid groups (broad SMARTS) is 1. The van der Waals surface area contributed by atoms with E-state index in [2.05, 4.69) is 4.98 Å². The van der Waals surface area contributed by atoms with E-state index in [0.717, 1.165) is 21.9 Å². The molecule has 20 heavy (non-hydrogen) atoms. The highest BCUT2D eigenvalue weighted by atomic mass is 16.4. The predicted molar refractivity (Wildman–Crippen MR) is 78.6 cm³/mol. The summed E-state index contributed by atoms with van der Waals surface area (Å²) in [5.74, 6) is -1.02. The zero-order valence-corrected chi connectivity index (χ0v) is 10.6. The molecule has 4 nitrogen and oxygen atoms in total. The first-order chi connectivity index (χ1) is 9.66. The molecule has 3 N–H and O–H groups in total. The summed E-state index contributed by atoms with van der Waals surface area (Å²) in [5, 5.41) is 11.1. The van der Waals surface area contributed by atoms with Crippen molar-refractivity contribution < 1.29 is 9.90 Å². The summed E-state index contributed by atoms with van der Waals surface area (Å²) in [5.41, 5.74) is 7.96. The highest BCUT2D eigenvalue weighted by Crippen LogP contribution is 2.29. The predicted octanol–water partition coefficient (Wildman–Crippen LogP) is 3.18. The van der Waals surface area contributed by atoms with Crippen molar-refractivity contribution in [1.29, 1.82) is 0 Å². The molecule has 3 rings (SSSR count). The fourth-order valence-corrected chi connectivity index (χ4v) is 2.27. The molecule has 98 valence electrons. The van der Waals surface area contributed by atoms with Crippen molar-refractivity contribution in [2.45, 2.75) is 0 Å². The van der Waals surface area contributed by atoms with E-state index in [9.17, 15) is 4.79 Å². The number of anilines is 1. The maximum atomic E-state index is 11.0. The van der Waals surface area contributed by atoms with Gasteiger partial charge in [-0.15, -0.1) is 0 Å². The van der Waals surface area contributed by atoms with Crippen LogP contribution in [0.1, 0.15) is 10.4 Å². The van der Waals surface area contributed by atoms with Gasteiger partial charge in [-0.2, -0.15) is 0 Å². The molecule has 0 spiro atoms. The van der Waals surface area contributed by atoms with Crippen LogP contribution in [0.15, 0.2) is 54.9 Å². The van der Waals surface area contributed by atoms with E-state index in [4.69, 9.17) is 10.8 Å². The normalized spacial score (nSPS) is 10.6. The van der Waals surface area contributed by atoms with Crippen LogP contribution >= 0.6 is 0 Å². The van der Waals surface area contributed by atoms with Gasteiger partial charge in [0.2, 0.25) is 0 Å². The van der Waals surface area contributed by atoms with Crippen LogP contribution < -0.4 is 5.73 Å². The largest absolute Gasteiger partial charge is 0.478 e. The molecule has 0 amide bonds. The second-order valence-corrected chi connectivity index (χ2v) is 4.52. The molecule has 0 saturated heterocycles. The van der Waals surface area contributed by atoms with E-state index in [1.54, 1.807) is 24.5 Å². The van der Waals surface area contributed by atoms with Gasteiger partial charge in [0.25, 0.3) is 0 Å². The fourth-order valence-electron chi connectivity index (χ4n) is 2.27. The molecule has 3 aromatic rings. The topological polar surface area (TPSA) is 76.2 Å². The molecule has 0 unspecified atom stereocenters. The lowest BCUT2D eigenvalue weighted by Gasteiger charge is -2.08. The van der Waals surface area contributed by atoms with Crippen LogP contribution in [0, 0.1) is 0 Å². The highest BCUT2D eigenvalue weighted by molar-refractivity contribution is 5.99. The van der Waals surface area contributed by atoms with Gasteiger partial charge in [0.1, 0.15) is 0 Å². The number of hydrogen-bond acceptors (Lipinski definition) is 3. The zero-order chi connectivity index (χ0) is 14.1. The van der Waals surface area contributed by atoms with Crippen LogP contribution in [0.25, 0.3) is 21.9 Å². The van der Waals surface area contributed by atoms with Crippen molar-refractivity contribution in [2.24, 2.45) is 0 Å². The molecule has 0 saturated carbocycles. The Bertz CT molecular complexity index is 807. The average molecular weight is 264 g/mol. The number of aromatic nitrogens is 1. The number of carboxylic acids is 1. The van der Waals surface area contributed by atoms with Crippen LogP contribution in [-0.2, 0) is 0 Å². The SMILES string of the molecule is Nc1cc(-c2cncc3ccccc23)ccc1C(=O)O. The molecular formula is C16H12N2O2. The molecule has 0 aliphatic heterocycles. The van der Waals surface area contributed by atoms with Gasteiger partial charge in [0, 0.05) is 29.0 Å². The highest BCUT2D eigenvalue weighted by Gasteiger charge is 2.10. The third-order valence-corrected chi connectivity index (χ3v) is 3.26. The Balaban J connectivity index is 2.21. The van der Waals surface area contributed by atoms with E-state index in [1.807, 2.05) is 24.3 Å². The third-order valence-electron chi connectivity index (χ3n) is 3.26. The lowest BCUT2D eigenvalue weighted by Crippen LogP contribution is -2.02. The summed E-state index contributed by atoms with van der Waals surface area (Å²) in [6.07, 6.45) is 3.56. The first-order valence-corrected chi connectivity index (χ1v) is 6.13. The minimum absolute atomic E-state index is 0.113. The number of aromatic carboxylic acids is 1. The average Bonchev–Trinajstić information content (AvgIpc) is 2.46. The van der Waals surface area contributed by atoms with Crippen molar-refractivity contribution in [2.75, 3.05) is 5.73 Å². The quantitative estimate of drug-likeness (QED) is 0.697. The molecule has 0 atom stereocenters. The number of nitrogens with zero attached hydrogens (tertiary/aromatic N) is 1. The number of nitrogen functional groups attached to an aromatic ring is 1. The van der Waals surface area contributed by atoms with Gasteiger partial charge in [0.05, 0.1) is 5.56 Å². The van der Waals surface area contributed by atoms with E-state index in [1.165, 1.54) is 6.07 Å². The van der Waals surface area contributed by atoms with Gasteiger partial charge in [-0.05, 0) is 23.1 Å². The minimum Gasteiger partial charge on any atom is -0.478 e. The summed E-state index contributed by atoms with van der Waals surface area (Å²) in [6.45, 7) is 0. The van der Waals surface area contributed by atoms with Crippen LogP contribution in [-0.4, -0.2) is 16.1 Å². The number of rotatable bonds is 2. The maximum Gasteiger partial charge on any atom is 0.337 e. The van der Waals surface area contributed by atoms with Gasteiger partial charge in [-0.1, -0.05) is 30.3 Å². The molecule has 0 fully saturated rings. The van der Waals surface area contributed by atoms with Crippen molar-refractivity contribution in [1.82, 2.24) is 4.98 Å². The fraction of sp³-hybridized carbons (Fsp3) is 0. The summed E-state index contributed by atoms with van der Waals surface area (Å²) in [6, 6.07) is 12.9. The second kappa shape index (κ2) is 4.66. The van der Waals surface area contributed by atoms with Gasteiger partial charge in [-0.25, -0.2) is 4.79 Å². The third kappa shape index (κ3) is 1.97. The maximum absolute atomic E-state index is 11.0. The monoisotopic (exact) mass is 264 g/mol. The number of pyridine rings is 1. The molecule has 0 aliphatic carbocycles. The number of carbonyl (C=O) groups is 1. The number of nitrogens with two attached hydrogens (primary N) is 1. The van der Waals surface area contributed by atoms with Crippen molar-refractivity contribution in [3.63, 3.8) is 0 Å². The first kappa shape index (κ1) is 12.2. The summed E-state index contributed by atoms with van der Waals surface area (Å²) >= 11 is 0. The minimum atomic E-state index is -1.02.